The number of aryl methyl sites for hydroxylation is 1. The van der Waals surface area contributed by atoms with Gasteiger partial charge in [0.2, 0.25) is 5.91 Å². The van der Waals surface area contributed by atoms with Gasteiger partial charge < -0.3 is 4.90 Å². The van der Waals surface area contributed by atoms with Crippen LogP contribution in [0.1, 0.15) is 37.5 Å². The summed E-state index contributed by atoms with van der Waals surface area (Å²) in [6, 6.07) is 3.50. The summed E-state index contributed by atoms with van der Waals surface area (Å²) in [7, 11) is -3.42. The highest BCUT2D eigenvalue weighted by molar-refractivity contribution is 7.91. The standard InChI is InChI=1S/C15H24N2O3S2/c1-3-4-6-14(18)16-9-5-10-17(12-11-16)22(19,20)15-8-7-13(2)21-15/h7-8H,3-6,9-12H2,1-2H3. The molecule has 1 saturated heterocycles. The number of nitrogens with zero attached hydrogens (tertiary/aromatic N) is 2. The molecule has 0 radical (unpaired) electrons. The molecule has 0 aromatic carbocycles. The molecule has 1 aliphatic rings. The zero-order chi connectivity index (χ0) is 16.2. The first-order valence-electron chi connectivity index (χ1n) is 7.79. The quantitative estimate of drug-likeness (QED) is 0.824. The highest BCUT2D eigenvalue weighted by atomic mass is 32.2. The van der Waals surface area contributed by atoms with E-state index in [9.17, 15) is 13.2 Å². The lowest BCUT2D eigenvalue weighted by atomic mass is 10.2. The van der Waals surface area contributed by atoms with E-state index >= 15 is 0 Å². The normalized spacial score (nSPS) is 17.5. The molecule has 5 nitrogen and oxygen atoms in total. The monoisotopic (exact) mass is 344 g/mol. The molecule has 1 amide bonds. The Bertz CT molecular complexity index is 610. The molecule has 0 aliphatic carbocycles. The van der Waals surface area contributed by atoms with Crippen molar-refractivity contribution >= 4 is 27.3 Å². The third-order valence-electron chi connectivity index (χ3n) is 3.86. The van der Waals surface area contributed by atoms with Crippen LogP contribution in [-0.2, 0) is 14.8 Å². The van der Waals surface area contributed by atoms with Gasteiger partial charge in [-0.05, 0) is 31.9 Å². The highest BCUT2D eigenvalue weighted by Gasteiger charge is 2.28. The lowest BCUT2D eigenvalue weighted by Crippen LogP contribution is -2.37. The second kappa shape index (κ2) is 7.57. The van der Waals surface area contributed by atoms with Gasteiger partial charge in [0.05, 0.1) is 0 Å². The Morgan fingerprint density at radius 1 is 1.23 bits per heavy atom. The third kappa shape index (κ3) is 4.08. The Balaban J connectivity index is 2.02. The summed E-state index contributed by atoms with van der Waals surface area (Å²) >= 11 is 1.30. The van der Waals surface area contributed by atoms with Crippen LogP contribution in [0.15, 0.2) is 16.3 Å². The third-order valence-corrected chi connectivity index (χ3v) is 7.23. The van der Waals surface area contributed by atoms with E-state index < -0.39 is 10.0 Å². The predicted octanol–water partition coefficient (Wildman–Crippen LogP) is 2.47. The van der Waals surface area contributed by atoms with E-state index in [-0.39, 0.29) is 5.91 Å². The van der Waals surface area contributed by atoms with Crippen molar-refractivity contribution in [3.05, 3.63) is 17.0 Å². The molecule has 124 valence electrons. The van der Waals surface area contributed by atoms with Crippen LogP contribution in [0.4, 0.5) is 0 Å². The van der Waals surface area contributed by atoms with Crippen LogP contribution < -0.4 is 0 Å². The smallest absolute Gasteiger partial charge is 0.252 e. The average Bonchev–Trinajstić information content (AvgIpc) is 2.77. The fourth-order valence-electron chi connectivity index (χ4n) is 2.55. The van der Waals surface area contributed by atoms with Gasteiger partial charge in [-0.25, -0.2) is 8.42 Å². The maximum absolute atomic E-state index is 12.6. The average molecular weight is 345 g/mol. The van der Waals surface area contributed by atoms with Gasteiger partial charge in [-0.2, -0.15) is 4.31 Å². The Morgan fingerprint density at radius 2 is 2.00 bits per heavy atom. The second-order valence-electron chi connectivity index (χ2n) is 5.61. The predicted molar refractivity (Wildman–Crippen MR) is 88.5 cm³/mol. The first-order valence-corrected chi connectivity index (χ1v) is 10.0. The molecule has 0 N–H and O–H groups in total. The Morgan fingerprint density at radius 3 is 2.64 bits per heavy atom. The molecule has 0 bridgehead atoms. The molecule has 1 aromatic heterocycles. The van der Waals surface area contributed by atoms with Crippen LogP contribution in [0.5, 0.6) is 0 Å². The molecule has 1 aromatic rings. The van der Waals surface area contributed by atoms with E-state index in [4.69, 9.17) is 0 Å². The Labute approximate surface area is 137 Å². The van der Waals surface area contributed by atoms with Crippen molar-refractivity contribution in [1.82, 2.24) is 9.21 Å². The van der Waals surface area contributed by atoms with Crippen LogP contribution in [0.3, 0.4) is 0 Å². The second-order valence-corrected chi connectivity index (χ2v) is 9.06. The van der Waals surface area contributed by atoms with Crippen molar-refractivity contribution in [1.29, 1.82) is 0 Å². The summed E-state index contributed by atoms with van der Waals surface area (Å²) in [5, 5.41) is 0. The summed E-state index contributed by atoms with van der Waals surface area (Å²) in [6.07, 6.45) is 3.15. The number of thiophene rings is 1. The van der Waals surface area contributed by atoms with Crippen LogP contribution in [0.2, 0.25) is 0 Å². The van der Waals surface area contributed by atoms with Gasteiger partial charge in [0.25, 0.3) is 10.0 Å². The molecule has 1 fully saturated rings. The highest BCUT2D eigenvalue weighted by Crippen LogP contribution is 2.25. The molecular formula is C15H24N2O3S2. The molecule has 0 spiro atoms. The van der Waals surface area contributed by atoms with Crippen molar-refractivity contribution in [3.63, 3.8) is 0 Å². The van der Waals surface area contributed by atoms with Gasteiger partial charge in [-0.15, -0.1) is 11.3 Å². The number of rotatable bonds is 5. The molecule has 22 heavy (non-hydrogen) atoms. The first-order chi connectivity index (χ1) is 10.4. The van der Waals surface area contributed by atoms with Crippen molar-refractivity contribution < 1.29 is 13.2 Å². The van der Waals surface area contributed by atoms with E-state index in [0.29, 0.717) is 43.2 Å². The van der Waals surface area contributed by atoms with Crippen LogP contribution >= 0.6 is 11.3 Å². The maximum atomic E-state index is 12.6. The van der Waals surface area contributed by atoms with Gasteiger partial charge in [-0.1, -0.05) is 13.3 Å². The number of sulfonamides is 1. The van der Waals surface area contributed by atoms with Crippen molar-refractivity contribution in [3.8, 4) is 0 Å². The zero-order valence-corrected chi connectivity index (χ0v) is 14.9. The van der Waals surface area contributed by atoms with E-state index in [0.717, 1.165) is 17.7 Å². The number of carbonyl (C=O) groups is 1. The van der Waals surface area contributed by atoms with Crippen molar-refractivity contribution in [2.45, 2.75) is 43.7 Å². The SMILES string of the molecule is CCCCC(=O)N1CCCN(S(=O)(=O)c2ccc(C)s2)CC1. The Hall–Kier alpha value is -0.920. The van der Waals surface area contributed by atoms with Gasteiger partial charge in [0.1, 0.15) is 4.21 Å². The Kier molecular flexibility index (Phi) is 6.00. The van der Waals surface area contributed by atoms with Crippen molar-refractivity contribution in [2.24, 2.45) is 0 Å². The lowest BCUT2D eigenvalue weighted by Gasteiger charge is -2.21. The van der Waals surface area contributed by atoms with E-state index in [1.54, 1.807) is 6.07 Å². The van der Waals surface area contributed by atoms with Gasteiger partial charge >= 0.3 is 0 Å². The molecule has 2 rings (SSSR count). The minimum absolute atomic E-state index is 0.146. The summed E-state index contributed by atoms with van der Waals surface area (Å²) < 4.78 is 27.2. The summed E-state index contributed by atoms with van der Waals surface area (Å²) in [6.45, 7) is 5.98. The zero-order valence-electron chi connectivity index (χ0n) is 13.2. The van der Waals surface area contributed by atoms with Gasteiger partial charge in [0.15, 0.2) is 0 Å². The van der Waals surface area contributed by atoms with Crippen LogP contribution in [-0.4, -0.2) is 49.7 Å². The van der Waals surface area contributed by atoms with Crippen LogP contribution in [0.25, 0.3) is 0 Å². The molecule has 0 unspecified atom stereocenters. The maximum Gasteiger partial charge on any atom is 0.252 e. The van der Waals surface area contributed by atoms with Gasteiger partial charge in [0, 0.05) is 37.5 Å². The van der Waals surface area contributed by atoms with E-state index in [1.165, 1.54) is 15.6 Å². The van der Waals surface area contributed by atoms with E-state index in [1.807, 2.05) is 17.9 Å². The minimum atomic E-state index is -3.42. The summed E-state index contributed by atoms with van der Waals surface area (Å²) in [4.78, 5) is 14.9. The van der Waals surface area contributed by atoms with Gasteiger partial charge in [-0.3, -0.25) is 4.79 Å². The molecule has 0 saturated carbocycles. The summed E-state index contributed by atoms with van der Waals surface area (Å²) in [5.74, 6) is 0.146. The van der Waals surface area contributed by atoms with Crippen molar-refractivity contribution in [2.75, 3.05) is 26.2 Å². The number of hydrogen-bond acceptors (Lipinski definition) is 4. The number of unbranched alkanes of at least 4 members (excludes halogenated alkanes) is 1. The number of hydrogen-bond donors (Lipinski definition) is 0. The summed E-state index contributed by atoms with van der Waals surface area (Å²) in [5.41, 5.74) is 0. The fourth-order valence-corrected chi connectivity index (χ4v) is 5.45. The van der Waals surface area contributed by atoms with Crippen LogP contribution in [0, 0.1) is 6.92 Å². The molecule has 1 aliphatic heterocycles. The molecular weight excluding hydrogens is 320 g/mol. The topological polar surface area (TPSA) is 57.7 Å². The number of carbonyl (C=O) groups excluding carboxylic acids is 1. The van der Waals surface area contributed by atoms with E-state index in [2.05, 4.69) is 6.92 Å². The molecule has 2 heterocycles. The molecule has 0 atom stereocenters. The molecule has 7 heteroatoms. The lowest BCUT2D eigenvalue weighted by molar-refractivity contribution is -0.131. The first kappa shape index (κ1) is 17.4. The fraction of sp³-hybridized carbons (Fsp3) is 0.667. The minimum Gasteiger partial charge on any atom is -0.341 e. The number of amides is 1. The largest absolute Gasteiger partial charge is 0.341 e.